The monoisotopic (exact) mass is 328 g/mol. The molecule has 0 fully saturated rings. The van der Waals surface area contributed by atoms with Crippen LogP contribution in [-0.2, 0) is 0 Å². The van der Waals surface area contributed by atoms with Crippen molar-refractivity contribution in [1.29, 1.82) is 0 Å². The number of para-hydroxylation sites is 1. The zero-order valence-corrected chi connectivity index (χ0v) is 13.4. The van der Waals surface area contributed by atoms with Gasteiger partial charge in [0.15, 0.2) is 0 Å². The molecule has 0 aliphatic rings. The predicted octanol–water partition coefficient (Wildman–Crippen LogP) is 5.21. The number of hydrogen-bond donors (Lipinski definition) is 2. The van der Waals surface area contributed by atoms with Gasteiger partial charge in [-0.15, -0.1) is 0 Å². The van der Waals surface area contributed by atoms with Crippen LogP contribution in [0.15, 0.2) is 85.1 Å². The SMILES string of the molecule is O=C(Nc1ccccc1)c1ccc(Oc2ccc3[nH]ccc3c2)cc1. The van der Waals surface area contributed by atoms with Crippen LogP contribution in [0.1, 0.15) is 10.4 Å². The van der Waals surface area contributed by atoms with Crippen LogP contribution in [0.2, 0.25) is 0 Å². The fourth-order valence-electron chi connectivity index (χ4n) is 2.63. The molecular weight excluding hydrogens is 312 g/mol. The molecule has 2 N–H and O–H groups in total. The van der Waals surface area contributed by atoms with Gasteiger partial charge in [-0.05, 0) is 60.7 Å². The minimum atomic E-state index is -0.147. The second-order valence-electron chi connectivity index (χ2n) is 5.67. The molecule has 0 spiro atoms. The number of H-pyrrole nitrogens is 1. The maximum Gasteiger partial charge on any atom is 0.255 e. The predicted molar refractivity (Wildman–Crippen MR) is 99.2 cm³/mol. The van der Waals surface area contributed by atoms with E-state index < -0.39 is 0 Å². The first-order valence-electron chi connectivity index (χ1n) is 7.99. The number of anilines is 1. The van der Waals surface area contributed by atoms with Crippen molar-refractivity contribution < 1.29 is 9.53 Å². The van der Waals surface area contributed by atoms with Gasteiger partial charge in [0.1, 0.15) is 11.5 Å². The molecule has 1 aromatic heterocycles. The van der Waals surface area contributed by atoms with E-state index in [0.717, 1.165) is 22.3 Å². The van der Waals surface area contributed by atoms with Crippen LogP contribution < -0.4 is 10.1 Å². The fourth-order valence-corrected chi connectivity index (χ4v) is 2.63. The topological polar surface area (TPSA) is 54.1 Å². The number of hydrogen-bond acceptors (Lipinski definition) is 2. The van der Waals surface area contributed by atoms with E-state index in [0.29, 0.717) is 11.3 Å². The molecule has 122 valence electrons. The second kappa shape index (κ2) is 6.53. The Morgan fingerprint density at radius 2 is 1.60 bits per heavy atom. The minimum Gasteiger partial charge on any atom is -0.457 e. The Morgan fingerprint density at radius 1 is 0.840 bits per heavy atom. The summed E-state index contributed by atoms with van der Waals surface area (Å²) < 4.78 is 5.86. The third-order valence-electron chi connectivity index (χ3n) is 3.91. The molecule has 4 rings (SSSR count). The molecule has 4 aromatic rings. The Bertz CT molecular complexity index is 1000. The summed E-state index contributed by atoms with van der Waals surface area (Å²) in [5.74, 6) is 1.30. The van der Waals surface area contributed by atoms with Crippen molar-refractivity contribution in [3.63, 3.8) is 0 Å². The lowest BCUT2D eigenvalue weighted by molar-refractivity contribution is 0.102. The van der Waals surface area contributed by atoms with Gasteiger partial charge >= 0.3 is 0 Å². The molecular formula is C21H16N2O2. The van der Waals surface area contributed by atoms with E-state index in [1.165, 1.54) is 0 Å². The molecule has 1 heterocycles. The van der Waals surface area contributed by atoms with Crippen LogP contribution in [-0.4, -0.2) is 10.9 Å². The lowest BCUT2D eigenvalue weighted by Crippen LogP contribution is -2.11. The molecule has 3 aromatic carbocycles. The standard InChI is InChI=1S/C21H16N2O2/c24-21(23-17-4-2-1-3-5-17)15-6-8-18(9-7-15)25-19-10-11-20-16(14-19)12-13-22-20/h1-14,22H,(H,23,24). The number of ether oxygens (including phenoxy) is 1. The smallest absolute Gasteiger partial charge is 0.255 e. The van der Waals surface area contributed by atoms with Gasteiger partial charge in [-0.2, -0.15) is 0 Å². The van der Waals surface area contributed by atoms with E-state index in [9.17, 15) is 4.79 Å². The molecule has 25 heavy (non-hydrogen) atoms. The van der Waals surface area contributed by atoms with Crippen molar-refractivity contribution in [3.05, 3.63) is 90.6 Å². The second-order valence-corrected chi connectivity index (χ2v) is 5.67. The highest BCUT2D eigenvalue weighted by atomic mass is 16.5. The van der Waals surface area contributed by atoms with Gasteiger partial charge in [0, 0.05) is 28.4 Å². The Balaban J connectivity index is 1.46. The van der Waals surface area contributed by atoms with E-state index in [2.05, 4.69) is 10.3 Å². The van der Waals surface area contributed by atoms with Gasteiger partial charge in [-0.1, -0.05) is 18.2 Å². The molecule has 0 unspecified atom stereocenters. The van der Waals surface area contributed by atoms with Crippen molar-refractivity contribution in [1.82, 2.24) is 4.98 Å². The first-order valence-corrected chi connectivity index (χ1v) is 7.99. The van der Waals surface area contributed by atoms with E-state index in [4.69, 9.17) is 4.74 Å². The summed E-state index contributed by atoms with van der Waals surface area (Å²) in [6.45, 7) is 0. The number of aromatic amines is 1. The maximum atomic E-state index is 12.2. The number of carbonyl (C=O) groups excluding carboxylic acids is 1. The highest BCUT2D eigenvalue weighted by Gasteiger charge is 2.07. The first-order chi connectivity index (χ1) is 12.3. The van der Waals surface area contributed by atoms with Crippen molar-refractivity contribution in [2.24, 2.45) is 0 Å². The van der Waals surface area contributed by atoms with Crippen LogP contribution in [0.5, 0.6) is 11.5 Å². The Hall–Kier alpha value is -3.53. The zero-order valence-electron chi connectivity index (χ0n) is 13.4. The van der Waals surface area contributed by atoms with Crippen molar-refractivity contribution >= 4 is 22.5 Å². The summed E-state index contributed by atoms with van der Waals surface area (Å²) in [6.07, 6.45) is 1.90. The lowest BCUT2D eigenvalue weighted by Gasteiger charge is -2.08. The summed E-state index contributed by atoms with van der Waals surface area (Å²) in [6, 6.07) is 24.3. The van der Waals surface area contributed by atoms with Crippen LogP contribution in [0.4, 0.5) is 5.69 Å². The van der Waals surface area contributed by atoms with Crippen LogP contribution in [0.3, 0.4) is 0 Å². The minimum absolute atomic E-state index is 0.147. The maximum absolute atomic E-state index is 12.2. The molecule has 0 aliphatic carbocycles. The third kappa shape index (κ3) is 3.38. The number of carbonyl (C=O) groups is 1. The summed E-state index contributed by atoms with van der Waals surface area (Å²) in [5, 5.41) is 3.96. The highest BCUT2D eigenvalue weighted by Crippen LogP contribution is 2.25. The summed E-state index contributed by atoms with van der Waals surface area (Å²) in [7, 11) is 0. The normalized spacial score (nSPS) is 10.6. The highest BCUT2D eigenvalue weighted by molar-refractivity contribution is 6.04. The van der Waals surface area contributed by atoms with Gasteiger partial charge in [-0.3, -0.25) is 4.79 Å². The molecule has 0 aliphatic heterocycles. The Kier molecular flexibility index (Phi) is 3.92. The molecule has 1 amide bonds. The first kappa shape index (κ1) is 15.0. The van der Waals surface area contributed by atoms with Crippen LogP contribution in [0, 0.1) is 0 Å². The number of amides is 1. The summed E-state index contributed by atoms with van der Waals surface area (Å²) in [4.78, 5) is 15.4. The number of aromatic nitrogens is 1. The van der Waals surface area contributed by atoms with Crippen molar-refractivity contribution in [3.8, 4) is 11.5 Å². The third-order valence-corrected chi connectivity index (χ3v) is 3.91. The molecule has 0 saturated carbocycles. The largest absolute Gasteiger partial charge is 0.457 e. The molecule has 0 saturated heterocycles. The molecule has 0 atom stereocenters. The quantitative estimate of drug-likeness (QED) is 0.540. The van der Waals surface area contributed by atoms with Gasteiger partial charge in [0.05, 0.1) is 0 Å². The average Bonchev–Trinajstić information content (AvgIpc) is 3.11. The Morgan fingerprint density at radius 3 is 2.40 bits per heavy atom. The van der Waals surface area contributed by atoms with Crippen molar-refractivity contribution in [2.75, 3.05) is 5.32 Å². The van der Waals surface area contributed by atoms with Gasteiger partial charge in [0.25, 0.3) is 5.91 Å². The molecule has 4 nitrogen and oxygen atoms in total. The van der Waals surface area contributed by atoms with Gasteiger partial charge in [-0.25, -0.2) is 0 Å². The number of benzene rings is 3. The summed E-state index contributed by atoms with van der Waals surface area (Å²) in [5.41, 5.74) is 2.42. The average molecular weight is 328 g/mol. The Labute approximate surface area is 145 Å². The fraction of sp³-hybridized carbons (Fsp3) is 0. The van der Waals surface area contributed by atoms with Gasteiger partial charge < -0.3 is 15.0 Å². The lowest BCUT2D eigenvalue weighted by atomic mass is 10.2. The molecule has 4 heteroatoms. The molecule has 0 bridgehead atoms. The van der Waals surface area contributed by atoms with E-state index >= 15 is 0 Å². The summed E-state index contributed by atoms with van der Waals surface area (Å²) >= 11 is 0. The van der Waals surface area contributed by atoms with E-state index in [1.807, 2.05) is 60.8 Å². The number of nitrogens with one attached hydrogen (secondary N) is 2. The number of rotatable bonds is 4. The van der Waals surface area contributed by atoms with Crippen LogP contribution in [0.25, 0.3) is 10.9 Å². The van der Waals surface area contributed by atoms with Crippen molar-refractivity contribution in [2.45, 2.75) is 0 Å². The van der Waals surface area contributed by atoms with Crippen LogP contribution >= 0.6 is 0 Å². The zero-order chi connectivity index (χ0) is 17.1. The van der Waals surface area contributed by atoms with Gasteiger partial charge in [0.2, 0.25) is 0 Å². The van der Waals surface area contributed by atoms with E-state index in [-0.39, 0.29) is 5.91 Å². The number of fused-ring (bicyclic) bond motifs is 1. The van der Waals surface area contributed by atoms with E-state index in [1.54, 1.807) is 24.3 Å². The molecule has 0 radical (unpaired) electrons.